The number of rotatable bonds is 3. The van der Waals surface area contributed by atoms with Crippen molar-refractivity contribution < 1.29 is 19.7 Å². The van der Waals surface area contributed by atoms with Gasteiger partial charge < -0.3 is 25.4 Å². The molecule has 13 heavy (non-hydrogen) atoms. The summed E-state index contributed by atoms with van der Waals surface area (Å²) in [6.07, 6.45) is -2.05. The van der Waals surface area contributed by atoms with Gasteiger partial charge in [-0.1, -0.05) is 0 Å². The smallest absolute Gasteiger partial charge is 0.183 e. The molecular weight excluding hydrogens is 174 g/mol. The number of aliphatic hydroxyl groups is 2. The minimum atomic E-state index is -0.766. The molecule has 0 bridgehead atoms. The predicted octanol–water partition coefficient (Wildman–Crippen LogP) is -1.18. The van der Waals surface area contributed by atoms with Gasteiger partial charge in [0.05, 0.1) is 18.8 Å². The molecule has 1 saturated heterocycles. The van der Waals surface area contributed by atoms with Crippen LogP contribution in [-0.4, -0.2) is 48.0 Å². The Kier molecular flexibility index (Phi) is 4.08. The normalized spacial score (nSPS) is 40.6. The van der Waals surface area contributed by atoms with Gasteiger partial charge >= 0.3 is 0 Å². The van der Waals surface area contributed by atoms with Crippen LogP contribution in [0, 0.1) is 0 Å². The van der Waals surface area contributed by atoms with Crippen molar-refractivity contribution in [2.24, 2.45) is 5.73 Å². The van der Waals surface area contributed by atoms with Gasteiger partial charge in [0.25, 0.3) is 0 Å². The van der Waals surface area contributed by atoms with Crippen molar-refractivity contribution in [3.8, 4) is 0 Å². The summed E-state index contributed by atoms with van der Waals surface area (Å²) in [7, 11) is 0. The molecule has 0 aromatic carbocycles. The van der Waals surface area contributed by atoms with Gasteiger partial charge in [-0.15, -0.1) is 0 Å². The molecule has 0 aromatic heterocycles. The zero-order valence-electron chi connectivity index (χ0n) is 7.72. The molecule has 78 valence electrons. The van der Waals surface area contributed by atoms with E-state index in [2.05, 4.69) is 0 Å². The molecule has 5 heteroatoms. The van der Waals surface area contributed by atoms with Crippen molar-refractivity contribution in [2.75, 3.05) is 13.2 Å². The number of hydrogen-bond donors (Lipinski definition) is 3. The maximum absolute atomic E-state index is 9.43. The van der Waals surface area contributed by atoms with E-state index in [1.165, 1.54) is 0 Å². The largest absolute Gasteiger partial charge is 0.390 e. The van der Waals surface area contributed by atoms with Crippen molar-refractivity contribution >= 4 is 0 Å². The van der Waals surface area contributed by atoms with Gasteiger partial charge in [0.2, 0.25) is 0 Å². The molecule has 0 saturated carbocycles. The molecular formula is C8H17NO4. The highest BCUT2D eigenvalue weighted by Crippen LogP contribution is 2.20. The van der Waals surface area contributed by atoms with Crippen LogP contribution in [0.3, 0.4) is 0 Å². The predicted molar refractivity (Wildman–Crippen MR) is 46.0 cm³/mol. The fourth-order valence-corrected chi connectivity index (χ4v) is 1.28. The third-order valence-corrected chi connectivity index (χ3v) is 2.09. The number of ether oxygens (including phenoxy) is 2. The first-order chi connectivity index (χ1) is 6.15. The van der Waals surface area contributed by atoms with E-state index in [4.69, 9.17) is 15.2 Å². The van der Waals surface area contributed by atoms with Crippen molar-refractivity contribution in [2.45, 2.75) is 37.9 Å². The standard InChI is InChI=1S/C8H17NO4/c1-5-6(10)4-7(11)8(13-5)12-3-2-9/h5-8,10-11H,2-4,9H2,1H3/t5-,6-,7-,8-/m0/s1. The second-order valence-electron chi connectivity index (χ2n) is 3.24. The highest BCUT2D eigenvalue weighted by molar-refractivity contribution is 4.78. The Morgan fingerprint density at radius 2 is 2.15 bits per heavy atom. The zero-order chi connectivity index (χ0) is 9.84. The molecule has 1 heterocycles. The molecule has 5 nitrogen and oxygen atoms in total. The summed E-state index contributed by atoms with van der Waals surface area (Å²) < 4.78 is 10.4. The Balaban J connectivity index is 2.37. The average molecular weight is 191 g/mol. The second-order valence-corrected chi connectivity index (χ2v) is 3.24. The lowest BCUT2D eigenvalue weighted by atomic mass is 10.0. The average Bonchev–Trinajstić information content (AvgIpc) is 2.09. The topological polar surface area (TPSA) is 84.9 Å². The number of hydrogen-bond acceptors (Lipinski definition) is 5. The van der Waals surface area contributed by atoms with Crippen molar-refractivity contribution in [3.05, 3.63) is 0 Å². The maximum Gasteiger partial charge on any atom is 0.183 e. The van der Waals surface area contributed by atoms with Crippen LogP contribution in [0.25, 0.3) is 0 Å². The summed E-state index contributed by atoms with van der Waals surface area (Å²) >= 11 is 0. The Labute approximate surface area is 77.4 Å². The molecule has 0 spiro atoms. The van der Waals surface area contributed by atoms with Gasteiger partial charge in [-0.3, -0.25) is 0 Å². The lowest BCUT2D eigenvalue weighted by Gasteiger charge is -2.35. The van der Waals surface area contributed by atoms with Gasteiger partial charge in [-0.05, 0) is 6.92 Å². The fourth-order valence-electron chi connectivity index (χ4n) is 1.28. The molecule has 1 aliphatic heterocycles. The fraction of sp³-hybridized carbons (Fsp3) is 1.00. The van der Waals surface area contributed by atoms with E-state index < -0.39 is 18.5 Å². The summed E-state index contributed by atoms with van der Waals surface area (Å²) in [6, 6.07) is 0. The van der Waals surface area contributed by atoms with E-state index in [-0.39, 0.29) is 12.5 Å². The number of aliphatic hydroxyl groups excluding tert-OH is 2. The van der Waals surface area contributed by atoms with Gasteiger partial charge in [0, 0.05) is 13.0 Å². The van der Waals surface area contributed by atoms with E-state index in [0.717, 1.165) is 0 Å². The summed E-state index contributed by atoms with van der Waals surface area (Å²) in [5.41, 5.74) is 5.24. The third kappa shape index (κ3) is 2.89. The van der Waals surface area contributed by atoms with Crippen LogP contribution in [-0.2, 0) is 9.47 Å². The van der Waals surface area contributed by atoms with Crippen LogP contribution in [0.4, 0.5) is 0 Å². The van der Waals surface area contributed by atoms with E-state index in [1.807, 2.05) is 0 Å². The zero-order valence-corrected chi connectivity index (χ0v) is 7.72. The maximum atomic E-state index is 9.43. The van der Waals surface area contributed by atoms with Crippen molar-refractivity contribution in [1.29, 1.82) is 0 Å². The number of nitrogens with two attached hydrogens (primary N) is 1. The van der Waals surface area contributed by atoms with Crippen LogP contribution in [0.15, 0.2) is 0 Å². The molecule has 4 N–H and O–H groups in total. The summed E-state index contributed by atoms with van der Waals surface area (Å²) in [6.45, 7) is 2.49. The summed E-state index contributed by atoms with van der Waals surface area (Å²) in [4.78, 5) is 0. The first kappa shape index (κ1) is 10.9. The van der Waals surface area contributed by atoms with Crippen LogP contribution in [0.5, 0.6) is 0 Å². The van der Waals surface area contributed by atoms with Crippen LogP contribution >= 0.6 is 0 Å². The Morgan fingerprint density at radius 3 is 2.77 bits per heavy atom. The SMILES string of the molecule is C[C@@H]1O[C@H](OCCN)[C@@H](O)C[C@@H]1O. The molecule has 0 unspecified atom stereocenters. The highest BCUT2D eigenvalue weighted by atomic mass is 16.7. The Hall–Kier alpha value is -0.200. The monoisotopic (exact) mass is 191 g/mol. The van der Waals surface area contributed by atoms with Crippen molar-refractivity contribution in [3.63, 3.8) is 0 Å². The molecule has 0 radical (unpaired) electrons. The quantitative estimate of drug-likeness (QED) is 0.523. The first-order valence-corrected chi connectivity index (χ1v) is 4.48. The summed E-state index contributed by atoms with van der Waals surface area (Å²) in [5.74, 6) is 0. The van der Waals surface area contributed by atoms with E-state index in [0.29, 0.717) is 13.2 Å². The second kappa shape index (κ2) is 4.88. The van der Waals surface area contributed by atoms with Crippen LogP contribution in [0.1, 0.15) is 13.3 Å². The summed E-state index contributed by atoms with van der Waals surface area (Å²) in [5, 5.41) is 18.8. The molecule has 1 aliphatic rings. The van der Waals surface area contributed by atoms with E-state index in [9.17, 15) is 10.2 Å². The van der Waals surface area contributed by atoms with Gasteiger partial charge in [0.1, 0.15) is 6.10 Å². The van der Waals surface area contributed by atoms with Gasteiger partial charge in [-0.25, -0.2) is 0 Å². The molecule has 0 aliphatic carbocycles. The first-order valence-electron chi connectivity index (χ1n) is 4.48. The molecule has 0 amide bonds. The molecule has 1 rings (SSSR count). The molecule has 1 fully saturated rings. The molecule has 0 aromatic rings. The Bertz CT molecular complexity index is 155. The van der Waals surface area contributed by atoms with E-state index in [1.54, 1.807) is 6.92 Å². The minimum Gasteiger partial charge on any atom is -0.390 e. The Morgan fingerprint density at radius 1 is 1.46 bits per heavy atom. The minimum absolute atomic E-state index is 0.288. The molecule has 4 atom stereocenters. The van der Waals surface area contributed by atoms with Gasteiger partial charge in [0.15, 0.2) is 6.29 Å². The van der Waals surface area contributed by atoms with Crippen LogP contribution < -0.4 is 5.73 Å². The van der Waals surface area contributed by atoms with Crippen LogP contribution in [0.2, 0.25) is 0 Å². The van der Waals surface area contributed by atoms with Crippen molar-refractivity contribution in [1.82, 2.24) is 0 Å². The lowest BCUT2D eigenvalue weighted by Crippen LogP contribution is -2.47. The lowest BCUT2D eigenvalue weighted by molar-refractivity contribution is -0.259. The van der Waals surface area contributed by atoms with E-state index >= 15 is 0 Å². The highest BCUT2D eigenvalue weighted by Gasteiger charge is 2.34. The van der Waals surface area contributed by atoms with Gasteiger partial charge in [-0.2, -0.15) is 0 Å². The third-order valence-electron chi connectivity index (χ3n) is 2.09.